The molecule has 21 heavy (non-hydrogen) atoms. The Morgan fingerprint density at radius 3 is 2.76 bits per heavy atom. The highest BCUT2D eigenvalue weighted by Gasteiger charge is 2.36. The van der Waals surface area contributed by atoms with Gasteiger partial charge in [0.15, 0.2) is 6.29 Å². The van der Waals surface area contributed by atoms with E-state index in [-0.39, 0.29) is 23.1 Å². The van der Waals surface area contributed by atoms with E-state index in [9.17, 15) is 14.3 Å². The van der Waals surface area contributed by atoms with Crippen LogP contribution < -0.4 is 4.74 Å². The zero-order chi connectivity index (χ0) is 15.5. The predicted octanol–water partition coefficient (Wildman–Crippen LogP) is 3.59. The molecule has 2 rings (SSSR count). The number of rotatable bonds is 5. The molecule has 0 bridgehead atoms. The van der Waals surface area contributed by atoms with Crippen LogP contribution in [0.15, 0.2) is 18.2 Å². The van der Waals surface area contributed by atoms with Crippen LogP contribution in [0.3, 0.4) is 0 Å². The van der Waals surface area contributed by atoms with E-state index in [1.165, 1.54) is 12.1 Å². The molecule has 4 heteroatoms. The van der Waals surface area contributed by atoms with Gasteiger partial charge in [-0.25, -0.2) is 4.39 Å². The first-order valence-corrected chi connectivity index (χ1v) is 7.52. The van der Waals surface area contributed by atoms with Gasteiger partial charge in [-0.3, -0.25) is 4.79 Å². The van der Waals surface area contributed by atoms with E-state index < -0.39 is 11.4 Å². The SMILES string of the molecule is CC(C)(O)C1CCCCC1COc1cccc(F)c1C=O. The Bertz CT molecular complexity index is 493. The van der Waals surface area contributed by atoms with E-state index in [2.05, 4.69) is 0 Å². The minimum atomic E-state index is -0.746. The molecule has 0 spiro atoms. The van der Waals surface area contributed by atoms with Gasteiger partial charge >= 0.3 is 0 Å². The second-order valence-electron chi connectivity index (χ2n) is 6.39. The average Bonchev–Trinajstić information content (AvgIpc) is 2.44. The summed E-state index contributed by atoms with van der Waals surface area (Å²) in [5.41, 5.74) is -0.780. The first kappa shape index (κ1) is 16.0. The van der Waals surface area contributed by atoms with Crippen LogP contribution in [0.25, 0.3) is 0 Å². The molecule has 116 valence electrons. The summed E-state index contributed by atoms with van der Waals surface area (Å²) >= 11 is 0. The molecule has 3 nitrogen and oxygen atoms in total. The van der Waals surface area contributed by atoms with Gasteiger partial charge in [-0.2, -0.15) is 0 Å². The molecule has 0 amide bonds. The van der Waals surface area contributed by atoms with Gasteiger partial charge < -0.3 is 9.84 Å². The lowest BCUT2D eigenvalue weighted by Crippen LogP contribution is -2.40. The summed E-state index contributed by atoms with van der Waals surface area (Å²) in [6.07, 6.45) is 4.68. The number of carbonyl (C=O) groups excluding carboxylic acids is 1. The summed E-state index contributed by atoms with van der Waals surface area (Å²) in [6, 6.07) is 4.39. The molecule has 0 aliphatic heterocycles. The summed E-state index contributed by atoms with van der Waals surface area (Å²) in [5, 5.41) is 10.3. The van der Waals surface area contributed by atoms with Crippen LogP contribution in [-0.4, -0.2) is 23.6 Å². The van der Waals surface area contributed by atoms with Gasteiger partial charge in [-0.05, 0) is 50.7 Å². The first-order valence-electron chi connectivity index (χ1n) is 7.52. The molecule has 1 fully saturated rings. The second kappa shape index (κ2) is 6.56. The van der Waals surface area contributed by atoms with Crippen LogP contribution >= 0.6 is 0 Å². The molecule has 0 heterocycles. The van der Waals surface area contributed by atoms with Crippen molar-refractivity contribution in [2.24, 2.45) is 11.8 Å². The highest BCUT2D eigenvalue weighted by molar-refractivity contribution is 5.79. The number of hydrogen-bond donors (Lipinski definition) is 1. The number of carbonyl (C=O) groups is 1. The molecule has 2 unspecified atom stereocenters. The molecule has 0 saturated heterocycles. The van der Waals surface area contributed by atoms with Gasteiger partial charge in [0.2, 0.25) is 0 Å². The van der Waals surface area contributed by atoms with Crippen LogP contribution in [0.1, 0.15) is 49.9 Å². The quantitative estimate of drug-likeness (QED) is 0.844. The van der Waals surface area contributed by atoms with Crippen LogP contribution in [0, 0.1) is 17.7 Å². The fourth-order valence-electron chi connectivity index (χ4n) is 3.29. The Hall–Kier alpha value is -1.42. The lowest BCUT2D eigenvalue weighted by Gasteiger charge is -2.39. The van der Waals surface area contributed by atoms with Crippen molar-refractivity contribution < 1.29 is 19.0 Å². The Morgan fingerprint density at radius 2 is 2.10 bits per heavy atom. The lowest BCUT2D eigenvalue weighted by atomic mass is 9.72. The van der Waals surface area contributed by atoms with Crippen molar-refractivity contribution >= 4 is 6.29 Å². The number of hydrogen-bond acceptors (Lipinski definition) is 3. The van der Waals surface area contributed by atoms with E-state index in [0.29, 0.717) is 12.9 Å². The molecule has 1 aliphatic rings. The van der Waals surface area contributed by atoms with Crippen LogP contribution in [0.2, 0.25) is 0 Å². The zero-order valence-corrected chi connectivity index (χ0v) is 12.6. The molecule has 0 aromatic heterocycles. The minimum Gasteiger partial charge on any atom is -0.492 e. The molecule has 1 aliphatic carbocycles. The summed E-state index contributed by atoms with van der Waals surface area (Å²) in [6.45, 7) is 4.06. The average molecular weight is 294 g/mol. The van der Waals surface area contributed by atoms with Gasteiger partial charge in [0.1, 0.15) is 11.6 Å². The van der Waals surface area contributed by atoms with E-state index in [4.69, 9.17) is 4.74 Å². The number of aliphatic hydroxyl groups is 1. The summed E-state index contributed by atoms with van der Waals surface area (Å²) in [5.74, 6) is 0.108. The second-order valence-corrected chi connectivity index (χ2v) is 6.39. The summed E-state index contributed by atoms with van der Waals surface area (Å²) < 4.78 is 19.2. The van der Waals surface area contributed by atoms with Gasteiger partial charge in [-0.15, -0.1) is 0 Å². The van der Waals surface area contributed by atoms with E-state index in [0.717, 1.165) is 25.7 Å². The van der Waals surface area contributed by atoms with E-state index in [1.54, 1.807) is 6.07 Å². The molecule has 2 atom stereocenters. The van der Waals surface area contributed by atoms with Crippen LogP contribution in [0.4, 0.5) is 4.39 Å². The summed E-state index contributed by atoms with van der Waals surface area (Å²) in [4.78, 5) is 11.0. The van der Waals surface area contributed by atoms with Crippen molar-refractivity contribution in [3.63, 3.8) is 0 Å². The fraction of sp³-hybridized carbons (Fsp3) is 0.588. The fourth-order valence-corrected chi connectivity index (χ4v) is 3.29. The first-order chi connectivity index (χ1) is 9.93. The maximum absolute atomic E-state index is 13.5. The van der Waals surface area contributed by atoms with Crippen molar-refractivity contribution in [3.8, 4) is 5.75 Å². The molecule has 0 radical (unpaired) electrons. The zero-order valence-electron chi connectivity index (χ0n) is 12.6. The molecule has 1 saturated carbocycles. The highest BCUT2D eigenvalue weighted by Crippen LogP contribution is 2.37. The Morgan fingerprint density at radius 1 is 1.38 bits per heavy atom. The van der Waals surface area contributed by atoms with Gasteiger partial charge in [0.25, 0.3) is 0 Å². The molecule has 1 N–H and O–H groups in total. The maximum Gasteiger partial charge on any atom is 0.156 e. The molecule has 1 aromatic rings. The standard InChI is InChI=1S/C17H23FO3/c1-17(2,20)14-7-4-3-6-12(14)11-21-16-9-5-8-15(18)13(16)10-19/h5,8-10,12,14,20H,3-4,6-7,11H2,1-2H3. The van der Waals surface area contributed by atoms with Crippen molar-refractivity contribution in [3.05, 3.63) is 29.6 Å². The molecule has 1 aromatic carbocycles. The number of ether oxygens (including phenoxy) is 1. The third kappa shape index (κ3) is 3.82. The highest BCUT2D eigenvalue weighted by atomic mass is 19.1. The lowest BCUT2D eigenvalue weighted by molar-refractivity contribution is -0.0378. The van der Waals surface area contributed by atoms with E-state index in [1.807, 2.05) is 13.8 Å². The number of aldehydes is 1. The van der Waals surface area contributed by atoms with E-state index >= 15 is 0 Å². The van der Waals surface area contributed by atoms with Crippen molar-refractivity contribution in [2.75, 3.05) is 6.61 Å². The summed E-state index contributed by atoms with van der Waals surface area (Å²) in [7, 11) is 0. The van der Waals surface area contributed by atoms with Crippen LogP contribution in [-0.2, 0) is 0 Å². The molecular formula is C17H23FO3. The van der Waals surface area contributed by atoms with Crippen molar-refractivity contribution in [1.82, 2.24) is 0 Å². The van der Waals surface area contributed by atoms with Crippen molar-refractivity contribution in [2.45, 2.75) is 45.1 Å². The molecular weight excluding hydrogens is 271 g/mol. The third-order valence-electron chi connectivity index (χ3n) is 4.40. The Labute approximate surface area is 125 Å². The Kier molecular flexibility index (Phi) is 4.99. The van der Waals surface area contributed by atoms with Gasteiger partial charge in [-0.1, -0.05) is 18.9 Å². The Balaban J connectivity index is 2.08. The van der Waals surface area contributed by atoms with Crippen molar-refractivity contribution in [1.29, 1.82) is 0 Å². The third-order valence-corrected chi connectivity index (χ3v) is 4.40. The smallest absolute Gasteiger partial charge is 0.156 e. The number of halogens is 1. The monoisotopic (exact) mass is 294 g/mol. The van der Waals surface area contributed by atoms with Gasteiger partial charge in [0.05, 0.1) is 17.8 Å². The number of benzene rings is 1. The normalized spacial score (nSPS) is 22.9. The topological polar surface area (TPSA) is 46.5 Å². The van der Waals surface area contributed by atoms with Gasteiger partial charge in [0, 0.05) is 0 Å². The predicted molar refractivity (Wildman–Crippen MR) is 79.0 cm³/mol. The van der Waals surface area contributed by atoms with Crippen LogP contribution in [0.5, 0.6) is 5.75 Å². The minimum absolute atomic E-state index is 0.0341. The maximum atomic E-state index is 13.5. The largest absolute Gasteiger partial charge is 0.492 e.